The summed E-state index contributed by atoms with van der Waals surface area (Å²) in [4.78, 5) is 43.1. The fourth-order valence-electron chi connectivity index (χ4n) is 4.84. The number of nitrogens with one attached hydrogen (secondary N) is 1. The fourth-order valence-corrected chi connectivity index (χ4v) is 4.84. The van der Waals surface area contributed by atoms with E-state index in [0.29, 0.717) is 19.2 Å². The molecule has 1 saturated heterocycles. The summed E-state index contributed by atoms with van der Waals surface area (Å²) in [6, 6.07) is 3.75. The predicted molar refractivity (Wildman–Crippen MR) is 120 cm³/mol. The standard InChI is InChI=1S/C24H21F3N4O4/c1-3-35-23(34)16-10-31(19-5-4-14(25)6-17(19)26)21-15(20(16)33)7-18(27)22(28-21)30-9-13-8-24(13,11-30)29-12(2)32/h4-7,10,13H,3,8-9,11H2,1-2H3,(H,29,32). The van der Waals surface area contributed by atoms with E-state index in [9.17, 15) is 23.2 Å². The molecule has 1 aliphatic carbocycles. The highest BCUT2D eigenvalue weighted by atomic mass is 19.1. The quantitative estimate of drug-likeness (QED) is 0.558. The van der Waals surface area contributed by atoms with Crippen LogP contribution in [0.5, 0.6) is 0 Å². The Labute approximate surface area is 197 Å². The molecule has 182 valence electrons. The molecule has 1 aromatic carbocycles. The Kier molecular flexibility index (Phi) is 5.30. The van der Waals surface area contributed by atoms with E-state index in [1.54, 1.807) is 11.8 Å². The normalized spacial score (nSPS) is 20.6. The molecule has 0 bridgehead atoms. The molecule has 1 aliphatic heterocycles. The molecule has 2 fully saturated rings. The number of halogens is 3. The van der Waals surface area contributed by atoms with E-state index in [1.807, 2.05) is 0 Å². The number of piperidine rings is 1. The number of aromatic nitrogens is 2. The molecule has 2 atom stereocenters. The number of amides is 1. The second kappa shape index (κ2) is 8.10. The summed E-state index contributed by atoms with van der Waals surface area (Å²) in [5.74, 6) is -3.68. The highest BCUT2D eigenvalue weighted by molar-refractivity contribution is 5.94. The average molecular weight is 486 g/mol. The third-order valence-electron chi connectivity index (χ3n) is 6.45. The molecule has 8 nitrogen and oxygen atoms in total. The SMILES string of the molecule is CCOC(=O)c1cn(-c2ccc(F)cc2F)c2nc(N3CC4CC4(NC(C)=O)C3)c(F)cc2c1=O. The summed E-state index contributed by atoms with van der Waals surface area (Å²) in [6.45, 7) is 3.71. The summed E-state index contributed by atoms with van der Waals surface area (Å²) in [5.41, 5.74) is -2.02. The monoisotopic (exact) mass is 486 g/mol. The molecule has 35 heavy (non-hydrogen) atoms. The lowest BCUT2D eigenvalue weighted by molar-refractivity contribution is -0.119. The maximum Gasteiger partial charge on any atom is 0.343 e. The molecule has 2 unspecified atom stereocenters. The van der Waals surface area contributed by atoms with Crippen LogP contribution in [0.3, 0.4) is 0 Å². The predicted octanol–water partition coefficient (Wildman–Crippen LogP) is 2.69. The van der Waals surface area contributed by atoms with Crippen LogP contribution < -0.4 is 15.6 Å². The van der Waals surface area contributed by atoms with Gasteiger partial charge < -0.3 is 15.0 Å². The van der Waals surface area contributed by atoms with E-state index in [4.69, 9.17) is 4.74 Å². The molecule has 1 saturated carbocycles. The molecule has 3 aromatic rings. The molecule has 5 rings (SSSR count). The van der Waals surface area contributed by atoms with E-state index < -0.39 is 40.0 Å². The van der Waals surface area contributed by atoms with Crippen LogP contribution in [0, 0.1) is 23.4 Å². The third-order valence-corrected chi connectivity index (χ3v) is 6.45. The van der Waals surface area contributed by atoms with Gasteiger partial charge in [0.15, 0.2) is 17.3 Å². The van der Waals surface area contributed by atoms with Gasteiger partial charge in [-0.1, -0.05) is 0 Å². The molecular weight excluding hydrogens is 465 g/mol. The largest absolute Gasteiger partial charge is 0.462 e. The van der Waals surface area contributed by atoms with E-state index >= 15 is 4.39 Å². The van der Waals surface area contributed by atoms with Crippen molar-refractivity contribution in [2.75, 3.05) is 24.6 Å². The van der Waals surface area contributed by atoms with E-state index in [1.165, 1.54) is 6.92 Å². The first kappa shape index (κ1) is 22.9. The Balaban J connectivity index is 1.69. The van der Waals surface area contributed by atoms with Gasteiger partial charge in [0.05, 0.1) is 23.2 Å². The number of ether oxygens (including phenoxy) is 1. The smallest absolute Gasteiger partial charge is 0.343 e. The molecule has 3 heterocycles. The zero-order valence-electron chi connectivity index (χ0n) is 18.9. The Morgan fingerprint density at radius 3 is 2.69 bits per heavy atom. The fraction of sp³-hybridized carbons (Fsp3) is 0.333. The van der Waals surface area contributed by atoms with Crippen molar-refractivity contribution in [3.8, 4) is 5.69 Å². The van der Waals surface area contributed by atoms with Crippen molar-refractivity contribution in [2.24, 2.45) is 5.92 Å². The number of carbonyl (C=O) groups excluding carboxylic acids is 2. The van der Waals surface area contributed by atoms with Crippen LogP contribution in [0.25, 0.3) is 16.7 Å². The van der Waals surface area contributed by atoms with Crippen LogP contribution in [0.1, 0.15) is 30.6 Å². The topological polar surface area (TPSA) is 93.5 Å². The molecule has 1 amide bonds. The van der Waals surface area contributed by atoms with Crippen LogP contribution in [-0.4, -0.2) is 46.7 Å². The van der Waals surface area contributed by atoms with Crippen LogP contribution in [0.15, 0.2) is 35.3 Å². The summed E-state index contributed by atoms with van der Waals surface area (Å²) in [6.07, 6.45) is 1.83. The minimum Gasteiger partial charge on any atom is -0.462 e. The molecule has 2 aromatic heterocycles. The Hall–Kier alpha value is -3.89. The summed E-state index contributed by atoms with van der Waals surface area (Å²) >= 11 is 0. The van der Waals surface area contributed by atoms with Gasteiger partial charge in [-0.3, -0.25) is 14.2 Å². The number of benzene rings is 1. The van der Waals surface area contributed by atoms with Crippen LogP contribution in [-0.2, 0) is 9.53 Å². The van der Waals surface area contributed by atoms with E-state index in [2.05, 4.69) is 10.3 Å². The van der Waals surface area contributed by atoms with Crippen LogP contribution >= 0.6 is 0 Å². The second-order valence-electron chi connectivity index (χ2n) is 8.84. The van der Waals surface area contributed by atoms with Gasteiger partial charge in [-0.2, -0.15) is 0 Å². The molecule has 0 radical (unpaired) electrons. The number of hydrogen-bond acceptors (Lipinski definition) is 6. The average Bonchev–Trinajstić information content (AvgIpc) is 3.32. The number of fused-ring (bicyclic) bond motifs is 2. The lowest BCUT2D eigenvalue weighted by Gasteiger charge is -2.23. The number of rotatable bonds is 5. The lowest BCUT2D eigenvalue weighted by Crippen LogP contribution is -2.41. The number of esters is 1. The number of nitrogens with zero attached hydrogens (tertiary/aromatic N) is 3. The van der Waals surface area contributed by atoms with Crippen molar-refractivity contribution in [1.29, 1.82) is 0 Å². The van der Waals surface area contributed by atoms with Crippen molar-refractivity contribution in [3.05, 3.63) is 63.7 Å². The molecule has 1 N–H and O–H groups in total. The van der Waals surface area contributed by atoms with Gasteiger partial charge in [0.25, 0.3) is 0 Å². The molecule has 11 heteroatoms. The number of hydrogen-bond donors (Lipinski definition) is 1. The van der Waals surface area contributed by atoms with Gasteiger partial charge in [-0.15, -0.1) is 0 Å². The molecular formula is C24H21F3N4O4. The highest BCUT2D eigenvalue weighted by Crippen LogP contribution is 2.50. The first-order valence-electron chi connectivity index (χ1n) is 11.1. The summed E-state index contributed by atoms with van der Waals surface area (Å²) < 4.78 is 49.6. The first-order chi connectivity index (χ1) is 16.6. The van der Waals surface area contributed by atoms with Gasteiger partial charge in [0.1, 0.15) is 17.2 Å². The Bertz CT molecular complexity index is 1460. The van der Waals surface area contributed by atoms with Gasteiger partial charge >= 0.3 is 5.97 Å². The minimum atomic E-state index is -0.968. The molecule has 2 aliphatic rings. The molecule has 0 spiro atoms. The minimum absolute atomic E-state index is 0.0149. The van der Waals surface area contributed by atoms with Crippen molar-refractivity contribution >= 4 is 28.7 Å². The van der Waals surface area contributed by atoms with Crippen molar-refractivity contribution in [2.45, 2.75) is 25.8 Å². The van der Waals surface area contributed by atoms with Crippen molar-refractivity contribution < 1.29 is 27.5 Å². The van der Waals surface area contributed by atoms with E-state index in [-0.39, 0.29) is 41.0 Å². The van der Waals surface area contributed by atoms with Gasteiger partial charge in [0, 0.05) is 38.2 Å². The second-order valence-corrected chi connectivity index (χ2v) is 8.84. The zero-order valence-corrected chi connectivity index (χ0v) is 18.9. The number of carbonyl (C=O) groups is 2. The lowest BCUT2D eigenvalue weighted by atomic mass is 10.1. The Morgan fingerprint density at radius 1 is 1.23 bits per heavy atom. The maximum atomic E-state index is 15.2. The van der Waals surface area contributed by atoms with Crippen molar-refractivity contribution in [3.63, 3.8) is 0 Å². The number of pyridine rings is 2. The van der Waals surface area contributed by atoms with Gasteiger partial charge in [0.2, 0.25) is 11.3 Å². The van der Waals surface area contributed by atoms with Crippen molar-refractivity contribution in [1.82, 2.24) is 14.9 Å². The Morgan fingerprint density at radius 2 is 2.00 bits per heavy atom. The van der Waals surface area contributed by atoms with Crippen LogP contribution in [0.2, 0.25) is 0 Å². The number of anilines is 1. The maximum absolute atomic E-state index is 15.2. The van der Waals surface area contributed by atoms with Gasteiger partial charge in [-0.05, 0) is 31.5 Å². The van der Waals surface area contributed by atoms with Crippen LogP contribution in [0.4, 0.5) is 19.0 Å². The first-order valence-corrected chi connectivity index (χ1v) is 11.1. The van der Waals surface area contributed by atoms with E-state index in [0.717, 1.165) is 35.4 Å². The zero-order chi connectivity index (χ0) is 25.1. The highest BCUT2D eigenvalue weighted by Gasteiger charge is 2.61. The third kappa shape index (κ3) is 3.80. The summed E-state index contributed by atoms with van der Waals surface area (Å²) in [7, 11) is 0. The summed E-state index contributed by atoms with van der Waals surface area (Å²) in [5, 5.41) is 2.65. The van der Waals surface area contributed by atoms with Gasteiger partial charge in [-0.25, -0.2) is 22.9 Å².